The highest BCUT2D eigenvalue weighted by atomic mass is 16.1. The Kier molecular flexibility index (Phi) is 4.54. The molecule has 0 saturated carbocycles. The molecule has 1 aliphatic heterocycles. The van der Waals surface area contributed by atoms with Crippen LogP contribution in [0.5, 0.6) is 0 Å². The quantitative estimate of drug-likeness (QED) is 0.763. The molecule has 1 amide bonds. The molecule has 0 saturated heterocycles. The van der Waals surface area contributed by atoms with Gasteiger partial charge in [-0.3, -0.25) is 4.79 Å². The molecule has 0 radical (unpaired) electrons. The lowest BCUT2D eigenvalue weighted by molar-refractivity contribution is 0.102. The van der Waals surface area contributed by atoms with E-state index in [9.17, 15) is 4.79 Å². The van der Waals surface area contributed by atoms with Gasteiger partial charge >= 0.3 is 0 Å². The number of aryl methyl sites for hydroxylation is 1. The largest absolute Gasteiger partial charge is 0.329 e. The topological polar surface area (TPSA) is 59.0 Å². The molecule has 5 nitrogen and oxygen atoms in total. The molecule has 3 aromatic rings. The van der Waals surface area contributed by atoms with E-state index in [0.717, 1.165) is 42.3 Å². The van der Waals surface area contributed by atoms with E-state index in [1.807, 2.05) is 49.4 Å². The van der Waals surface area contributed by atoms with Crippen molar-refractivity contribution in [3.8, 4) is 0 Å². The molecule has 132 valence electrons. The third kappa shape index (κ3) is 3.39. The van der Waals surface area contributed by atoms with Crippen LogP contribution in [0.1, 0.15) is 33.1 Å². The minimum Gasteiger partial charge on any atom is -0.329 e. The molecular formula is C21H22N4O. The Labute approximate surface area is 153 Å². The number of nitrogens with one attached hydrogen (secondary N) is 2. The predicted molar refractivity (Wildman–Crippen MR) is 102 cm³/mol. The molecule has 0 bridgehead atoms. The van der Waals surface area contributed by atoms with Crippen molar-refractivity contribution in [2.45, 2.75) is 26.4 Å². The second-order valence-corrected chi connectivity index (χ2v) is 6.64. The van der Waals surface area contributed by atoms with Gasteiger partial charge < -0.3 is 15.2 Å². The molecule has 0 atom stereocenters. The summed E-state index contributed by atoms with van der Waals surface area (Å²) < 4.78 is 2.19. The van der Waals surface area contributed by atoms with E-state index in [-0.39, 0.29) is 5.91 Å². The van der Waals surface area contributed by atoms with Crippen molar-refractivity contribution in [1.82, 2.24) is 14.9 Å². The van der Waals surface area contributed by atoms with E-state index in [1.54, 1.807) is 0 Å². The van der Waals surface area contributed by atoms with Crippen LogP contribution < -0.4 is 10.6 Å². The smallest absolute Gasteiger partial charge is 0.276 e. The van der Waals surface area contributed by atoms with Crippen molar-refractivity contribution in [2.24, 2.45) is 0 Å². The first-order valence-corrected chi connectivity index (χ1v) is 8.91. The summed E-state index contributed by atoms with van der Waals surface area (Å²) in [6, 6.07) is 18.1. The number of imidazole rings is 1. The van der Waals surface area contributed by atoms with Crippen molar-refractivity contribution in [2.75, 3.05) is 11.9 Å². The SMILES string of the molecule is Cc1cccc(NC(=O)c2nc(Cc3ccccc3)n3c2CNCC3)c1. The molecule has 26 heavy (non-hydrogen) atoms. The van der Waals surface area contributed by atoms with Gasteiger partial charge in [-0.15, -0.1) is 0 Å². The van der Waals surface area contributed by atoms with Crippen molar-refractivity contribution in [3.05, 3.63) is 82.9 Å². The van der Waals surface area contributed by atoms with Crippen LogP contribution in [0.25, 0.3) is 0 Å². The fraction of sp³-hybridized carbons (Fsp3) is 0.238. The highest BCUT2D eigenvalue weighted by molar-refractivity contribution is 6.03. The van der Waals surface area contributed by atoms with Crippen LogP contribution in [0.2, 0.25) is 0 Å². The first-order chi connectivity index (χ1) is 12.7. The van der Waals surface area contributed by atoms with Crippen LogP contribution in [-0.4, -0.2) is 22.0 Å². The van der Waals surface area contributed by atoms with E-state index in [2.05, 4.69) is 27.3 Å². The Balaban J connectivity index is 1.64. The number of aromatic nitrogens is 2. The molecule has 1 aromatic heterocycles. The number of anilines is 1. The first kappa shape index (κ1) is 16.5. The number of benzene rings is 2. The third-order valence-corrected chi connectivity index (χ3v) is 4.65. The number of carbonyl (C=O) groups is 1. The van der Waals surface area contributed by atoms with Crippen LogP contribution >= 0.6 is 0 Å². The number of hydrogen-bond donors (Lipinski definition) is 2. The van der Waals surface area contributed by atoms with E-state index in [1.165, 1.54) is 5.56 Å². The summed E-state index contributed by atoms with van der Waals surface area (Å²) in [6.45, 7) is 4.40. The molecule has 5 heteroatoms. The standard InChI is InChI=1S/C21H22N4O/c1-15-6-5-9-17(12-15)23-21(26)20-18-14-22-10-11-25(18)19(24-20)13-16-7-3-2-4-8-16/h2-9,12,22H,10-11,13-14H2,1H3,(H,23,26). The van der Waals surface area contributed by atoms with Gasteiger partial charge in [-0.2, -0.15) is 0 Å². The van der Waals surface area contributed by atoms with Crippen LogP contribution in [0.3, 0.4) is 0 Å². The Morgan fingerprint density at radius 3 is 2.85 bits per heavy atom. The Bertz CT molecular complexity index is 930. The number of amides is 1. The number of carbonyl (C=O) groups excluding carboxylic acids is 1. The van der Waals surface area contributed by atoms with Crippen molar-refractivity contribution in [1.29, 1.82) is 0 Å². The number of rotatable bonds is 4. The molecule has 0 spiro atoms. The van der Waals surface area contributed by atoms with E-state index < -0.39 is 0 Å². The van der Waals surface area contributed by atoms with Gasteiger partial charge in [-0.25, -0.2) is 4.98 Å². The van der Waals surface area contributed by atoms with Gasteiger partial charge in [0.2, 0.25) is 0 Å². The predicted octanol–water partition coefficient (Wildman–Crippen LogP) is 3.14. The average molecular weight is 346 g/mol. The van der Waals surface area contributed by atoms with Gasteiger partial charge in [0.1, 0.15) is 5.82 Å². The molecule has 2 N–H and O–H groups in total. The summed E-state index contributed by atoms with van der Waals surface area (Å²) in [5.74, 6) is 0.796. The summed E-state index contributed by atoms with van der Waals surface area (Å²) in [5, 5.41) is 6.33. The van der Waals surface area contributed by atoms with Crippen LogP contribution in [0, 0.1) is 6.92 Å². The summed E-state index contributed by atoms with van der Waals surface area (Å²) >= 11 is 0. The summed E-state index contributed by atoms with van der Waals surface area (Å²) in [4.78, 5) is 17.6. The van der Waals surface area contributed by atoms with Crippen molar-refractivity contribution in [3.63, 3.8) is 0 Å². The molecule has 2 aromatic carbocycles. The Hall–Kier alpha value is -2.92. The van der Waals surface area contributed by atoms with Gasteiger partial charge in [0.15, 0.2) is 5.69 Å². The summed E-state index contributed by atoms with van der Waals surface area (Å²) in [7, 11) is 0. The zero-order valence-corrected chi connectivity index (χ0v) is 14.8. The monoisotopic (exact) mass is 346 g/mol. The van der Waals surface area contributed by atoms with Crippen LogP contribution in [0.15, 0.2) is 54.6 Å². The van der Waals surface area contributed by atoms with Crippen molar-refractivity contribution < 1.29 is 4.79 Å². The zero-order valence-electron chi connectivity index (χ0n) is 14.8. The second-order valence-electron chi connectivity index (χ2n) is 6.64. The van der Waals surface area contributed by atoms with E-state index in [4.69, 9.17) is 4.98 Å². The maximum absolute atomic E-state index is 12.8. The van der Waals surface area contributed by atoms with Crippen LogP contribution in [-0.2, 0) is 19.5 Å². The minimum absolute atomic E-state index is 0.151. The zero-order chi connectivity index (χ0) is 17.9. The lowest BCUT2D eigenvalue weighted by Crippen LogP contribution is -2.30. The van der Waals surface area contributed by atoms with Gasteiger partial charge in [-0.05, 0) is 30.2 Å². The van der Waals surface area contributed by atoms with E-state index >= 15 is 0 Å². The number of hydrogen-bond acceptors (Lipinski definition) is 3. The molecular weight excluding hydrogens is 324 g/mol. The molecule has 0 aliphatic carbocycles. The first-order valence-electron chi connectivity index (χ1n) is 8.91. The fourth-order valence-corrected chi connectivity index (χ4v) is 3.39. The Morgan fingerprint density at radius 2 is 2.04 bits per heavy atom. The van der Waals surface area contributed by atoms with Crippen molar-refractivity contribution >= 4 is 11.6 Å². The molecule has 0 fully saturated rings. The highest BCUT2D eigenvalue weighted by Crippen LogP contribution is 2.20. The summed E-state index contributed by atoms with van der Waals surface area (Å²) in [6.07, 6.45) is 0.728. The highest BCUT2D eigenvalue weighted by Gasteiger charge is 2.24. The minimum atomic E-state index is -0.151. The number of nitrogens with zero attached hydrogens (tertiary/aromatic N) is 2. The van der Waals surface area contributed by atoms with Crippen LogP contribution in [0.4, 0.5) is 5.69 Å². The molecule has 2 heterocycles. The van der Waals surface area contributed by atoms with E-state index in [0.29, 0.717) is 12.2 Å². The lowest BCUT2D eigenvalue weighted by Gasteiger charge is -2.18. The lowest BCUT2D eigenvalue weighted by atomic mass is 10.1. The van der Waals surface area contributed by atoms with Gasteiger partial charge in [0.05, 0.1) is 5.69 Å². The molecule has 1 aliphatic rings. The maximum atomic E-state index is 12.8. The summed E-state index contributed by atoms with van der Waals surface area (Å²) in [5.41, 5.74) is 4.59. The molecule has 0 unspecified atom stereocenters. The second kappa shape index (κ2) is 7.14. The third-order valence-electron chi connectivity index (χ3n) is 4.65. The maximum Gasteiger partial charge on any atom is 0.276 e. The average Bonchev–Trinajstić information content (AvgIpc) is 3.01. The number of fused-ring (bicyclic) bond motifs is 1. The normalized spacial score (nSPS) is 13.3. The van der Waals surface area contributed by atoms with Gasteiger partial charge in [-0.1, -0.05) is 42.5 Å². The fourth-order valence-electron chi connectivity index (χ4n) is 3.39. The van der Waals surface area contributed by atoms with Gasteiger partial charge in [0.25, 0.3) is 5.91 Å². The molecule has 4 rings (SSSR count). The Morgan fingerprint density at radius 1 is 1.19 bits per heavy atom. The van der Waals surface area contributed by atoms with Gasteiger partial charge in [0, 0.05) is 31.7 Å².